The van der Waals surface area contributed by atoms with Crippen LogP contribution in [-0.4, -0.2) is 75.7 Å². The molecule has 1 heterocycles. The number of anilines is 1. The van der Waals surface area contributed by atoms with Crippen molar-refractivity contribution in [3.05, 3.63) is 24.3 Å². The van der Waals surface area contributed by atoms with E-state index in [4.69, 9.17) is 4.74 Å². The number of rotatable bonds is 8. The second-order valence-corrected chi connectivity index (χ2v) is 6.47. The summed E-state index contributed by atoms with van der Waals surface area (Å²) >= 11 is 0. The number of carbonyl (C=O) groups is 1. The van der Waals surface area contributed by atoms with E-state index in [9.17, 15) is 4.79 Å². The number of nitrogens with one attached hydrogen (secondary N) is 2. The fraction of sp³-hybridized carbons (Fsp3) is 0.611. The van der Waals surface area contributed by atoms with E-state index in [1.54, 1.807) is 0 Å². The number of nitrogens with zero attached hydrogens (tertiary/aromatic N) is 2. The van der Waals surface area contributed by atoms with Crippen LogP contribution >= 0.6 is 0 Å². The minimum absolute atomic E-state index is 0.0214. The van der Waals surface area contributed by atoms with Gasteiger partial charge in [0.05, 0.1) is 0 Å². The fourth-order valence-corrected chi connectivity index (χ4v) is 2.66. The normalized spacial score (nSPS) is 17.5. The highest BCUT2D eigenvalue weighted by Gasteiger charge is 2.13. The quantitative estimate of drug-likeness (QED) is 0.746. The molecule has 1 unspecified atom stereocenters. The molecule has 0 radical (unpaired) electrons. The molecule has 1 aromatic rings. The van der Waals surface area contributed by atoms with E-state index in [2.05, 4.69) is 27.5 Å². The van der Waals surface area contributed by atoms with Gasteiger partial charge in [-0.3, -0.25) is 9.69 Å². The van der Waals surface area contributed by atoms with Crippen LogP contribution in [0.2, 0.25) is 0 Å². The van der Waals surface area contributed by atoms with E-state index in [1.807, 2.05) is 38.2 Å². The number of benzene rings is 1. The highest BCUT2D eigenvalue weighted by molar-refractivity contribution is 5.92. The zero-order valence-corrected chi connectivity index (χ0v) is 15.0. The molecule has 1 saturated heterocycles. The molecule has 0 saturated carbocycles. The van der Waals surface area contributed by atoms with Gasteiger partial charge in [0.1, 0.15) is 12.4 Å². The second-order valence-electron chi connectivity index (χ2n) is 6.47. The molecule has 1 amide bonds. The first-order valence-electron chi connectivity index (χ1n) is 8.67. The first-order chi connectivity index (χ1) is 11.6. The molecule has 0 bridgehead atoms. The Kier molecular flexibility index (Phi) is 7.49. The molecule has 1 atom stereocenters. The minimum atomic E-state index is -0.0606. The van der Waals surface area contributed by atoms with Crippen LogP contribution in [0.3, 0.4) is 0 Å². The van der Waals surface area contributed by atoms with Crippen molar-refractivity contribution in [2.24, 2.45) is 5.92 Å². The molecule has 6 nitrogen and oxygen atoms in total. The summed E-state index contributed by atoms with van der Waals surface area (Å²) in [6.07, 6.45) is 0. The van der Waals surface area contributed by atoms with Gasteiger partial charge in [-0.2, -0.15) is 0 Å². The van der Waals surface area contributed by atoms with Crippen molar-refractivity contribution >= 4 is 11.6 Å². The van der Waals surface area contributed by atoms with E-state index in [-0.39, 0.29) is 11.8 Å². The summed E-state index contributed by atoms with van der Waals surface area (Å²) < 4.78 is 5.80. The van der Waals surface area contributed by atoms with Gasteiger partial charge in [0.2, 0.25) is 5.91 Å². The van der Waals surface area contributed by atoms with E-state index >= 15 is 0 Å². The Labute approximate surface area is 145 Å². The average Bonchev–Trinajstić information content (AvgIpc) is 2.58. The lowest BCUT2D eigenvalue weighted by atomic mass is 10.1. The van der Waals surface area contributed by atoms with Crippen molar-refractivity contribution in [3.63, 3.8) is 0 Å². The molecule has 1 aliphatic heterocycles. The van der Waals surface area contributed by atoms with Crippen molar-refractivity contribution in [3.8, 4) is 5.75 Å². The van der Waals surface area contributed by atoms with Gasteiger partial charge < -0.3 is 20.3 Å². The highest BCUT2D eigenvalue weighted by Crippen LogP contribution is 2.16. The number of amides is 1. The fourth-order valence-electron chi connectivity index (χ4n) is 2.66. The minimum Gasteiger partial charge on any atom is -0.492 e. The van der Waals surface area contributed by atoms with Crippen molar-refractivity contribution in [2.45, 2.75) is 6.92 Å². The first kappa shape index (κ1) is 18.7. The van der Waals surface area contributed by atoms with Crippen LogP contribution in [0.1, 0.15) is 6.92 Å². The Balaban J connectivity index is 1.71. The summed E-state index contributed by atoms with van der Waals surface area (Å²) in [5.74, 6) is 0.799. The van der Waals surface area contributed by atoms with Gasteiger partial charge >= 0.3 is 0 Å². The predicted octanol–water partition coefficient (Wildman–Crippen LogP) is 1.11. The molecular formula is C18H30N4O2. The maximum absolute atomic E-state index is 12.0. The summed E-state index contributed by atoms with van der Waals surface area (Å²) in [6.45, 7) is 8.68. The maximum atomic E-state index is 12.0. The third kappa shape index (κ3) is 6.11. The standard InChI is InChI=1S/C18H30N4O2/c1-15(14-19-2)18(23)20-16-4-6-17(7-5-16)24-13-12-22-10-8-21(3)9-11-22/h4-7,15,19H,8-14H2,1-3H3,(H,20,23). The molecule has 2 N–H and O–H groups in total. The van der Waals surface area contributed by atoms with Crippen LogP contribution in [0.5, 0.6) is 5.75 Å². The molecule has 1 aromatic carbocycles. The van der Waals surface area contributed by atoms with Crippen LogP contribution in [0, 0.1) is 5.92 Å². The lowest BCUT2D eigenvalue weighted by Crippen LogP contribution is -2.45. The summed E-state index contributed by atoms with van der Waals surface area (Å²) in [5.41, 5.74) is 0.800. The van der Waals surface area contributed by atoms with E-state index < -0.39 is 0 Å². The first-order valence-corrected chi connectivity index (χ1v) is 8.67. The van der Waals surface area contributed by atoms with Crippen LogP contribution in [0.25, 0.3) is 0 Å². The Morgan fingerprint density at radius 2 is 1.88 bits per heavy atom. The number of hydrogen-bond acceptors (Lipinski definition) is 5. The van der Waals surface area contributed by atoms with E-state index in [0.717, 1.165) is 44.2 Å². The largest absolute Gasteiger partial charge is 0.492 e. The Morgan fingerprint density at radius 3 is 2.50 bits per heavy atom. The summed E-state index contributed by atoms with van der Waals surface area (Å²) in [6, 6.07) is 7.58. The van der Waals surface area contributed by atoms with Crippen LogP contribution < -0.4 is 15.4 Å². The predicted molar refractivity (Wildman–Crippen MR) is 97.6 cm³/mol. The zero-order valence-electron chi connectivity index (χ0n) is 15.0. The van der Waals surface area contributed by atoms with Gasteiger partial charge in [-0.1, -0.05) is 6.92 Å². The van der Waals surface area contributed by atoms with Crippen molar-refractivity contribution < 1.29 is 9.53 Å². The van der Waals surface area contributed by atoms with Gasteiger partial charge in [0.25, 0.3) is 0 Å². The molecule has 134 valence electrons. The smallest absolute Gasteiger partial charge is 0.228 e. The molecule has 0 aliphatic carbocycles. The van der Waals surface area contributed by atoms with E-state index in [0.29, 0.717) is 13.2 Å². The Bertz CT molecular complexity index is 498. The number of carbonyl (C=O) groups excluding carboxylic acids is 1. The van der Waals surface area contributed by atoms with Crippen molar-refractivity contribution in [2.75, 3.05) is 65.3 Å². The van der Waals surface area contributed by atoms with Crippen molar-refractivity contribution in [1.82, 2.24) is 15.1 Å². The highest BCUT2D eigenvalue weighted by atomic mass is 16.5. The van der Waals surface area contributed by atoms with Crippen LogP contribution in [-0.2, 0) is 4.79 Å². The topological polar surface area (TPSA) is 56.8 Å². The second kappa shape index (κ2) is 9.61. The summed E-state index contributed by atoms with van der Waals surface area (Å²) in [5, 5.41) is 5.93. The van der Waals surface area contributed by atoms with Gasteiger partial charge in [0.15, 0.2) is 0 Å². The molecule has 2 rings (SSSR count). The zero-order chi connectivity index (χ0) is 17.4. The van der Waals surface area contributed by atoms with E-state index in [1.165, 1.54) is 0 Å². The Morgan fingerprint density at radius 1 is 1.21 bits per heavy atom. The molecule has 0 spiro atoms. The number of likely N-dealkylation sites (N-methyl/N-ethyl adjacent to an activating group) is 1. The molecule has 1 fully saturated rings. The average molecular weight is 334 g/mol. The molecule has 0 aromatic heterocycles. The van der Waals surface area contributed by atoms with Crippen LogP contribution in [0.4, 0.5) is 5.69 Å². The van der Waals surface area contributed by atoms with Crippen LogP contribution in [0.15, 0.2) is 24.3 Å². The molecule has 24 heavy (non-hydrogen) atoms. The number of hydrogen-bond donors (Lipinski definition) is 2. The molecular weight excluding hydrogens is 304 g/mol. The van der Waals surface area contributed by atoms with Gasteiger partial charge in [0, 0.05) is 50.9 Å². The number of piperazine rings is 1. The van der Waals surface area contributed by atoms with Crippen molar-refractivity contribution in [1.29, 1.82) is 0 Å². The van der Waals surface area contributed by atoms with Gasteiger partial charge in [-0.05, 0) is 38.4 Å². The molecule has 6 heteroatoms. The SMILES string of the molecule is CNCC(C)C(=O)Nc1ccc(OCCN2CCN(C)CC2)cc1. The molecule has 1 aliphatic rings. The third-order valence-corrected chi connectivity index (χ3v) is 4.35. The van der Waals surface area contributed by atoms with Gasteiger partial charge in [-0.15, -0.1) is 0 Å². The lowest BCUT2D eigenvalue weighted by molar-refractivity contribution is -0.119. The Hall–Kier alpha value is -1.63. The summed E-state index contributed by atoms with van der Waals surface area (Å²) in [4.78, 5) is 16.7. The lowest BCUT2D eigenvalue weighted by Gasteiger charge is -2.32. The third-order valence-electron chi connectivity index (χ3n) is 4.35. The summed E-state index contributed by atoms with van der Waals surface area (Å²) in [7, 11) is 4.01. The number of ether oxygens (including phenoxy) is 1. The monoisotopic (exact) mass is 334 g/mol. The van der Waals surface area contributed by atoms with Gasteiger partial charge in [-0.25, -0.2) is 0 Å². The maximum Gasteiger partial charge on any atom is 0.228 e.